The van der Waals surface area contributed by atoms with E-state index in [0.29, 0.717) is 11.8 Å². The molecule has 0 radical (unpaired) electrons. The Kier molecular flexibility index (Phi) is 3.34. The predicted octanol–water partition coefficient (Wildman–Crippen LogP) is 1.49. The van der Waals surface area contributed by atoms with E-state index in [1.165, 1.54) is 11.1 Å². The lowest BCUT2D eigenvalue weighted by Crippen LogP contribution is -2.65. The molecule has 140 valence electrons. The van der Waals surface area contributed by atoms with Gasteiger partial charge in [0.2, 0.25) is 0 Å². The standard InChI is InChI=1S/C19H23NO5S/c1-20-9-8-19-12-5-7-15(25-26(3,21)22)18(19)24-17-14(23-2)6-4-11(16(17)19)10-13(12)20/h4-7,12-13,15,18H,8-10H2,1-3H3/t12-,13-,15-,18-,19-/m0/s1. The molecule has 0 saturated carbocycles. The van der Waals surface area contributed by atoms with Crippen molar-refractivity contribution >= 4 is 10.1 Å². The van der Waals surface area contributed by atoms with Crippen LogP contribution in [0, 0.1) is 5.92 Å². The fourth-order valence-corrected chi connectivity index (χ4v) is 6.22. The van der Waals surface area contributed by atoms with Crippen LogP contribution in [0.4, 0.5) is 0 Å². The van der Waals surface area contributed by atoms with Crippen molar-refractivity contribution in [2.75, 3.05) is 27.0 Å². The number of likely N-dealkylation sites (tertiary alicyclic amines) is 1. The van der Waals surface area contributed by atoms with Gasteiger partial charge in [-0.2, -0.15) is 8.42 Å². The minimum absolute atomic E-state index is 0.251. The molecule has 0 amide bonds. The first-order chi connectivity index (χ1) is 12.3. The highest BCUT2D eigenvalue weighted by Gasteiger charge is 2.65. The first-order valence-corrected chi connectivity index (χ1v) is 10.8. The smallest absolute Gasteiger partial charge is 0.265 e. The third kappa shape index (κ3) is 2.02. The number of nitrogens with zero attached hydrogens (tertiary/aromatic N) is 1. The third-order valence-corrected chi connectivity index (χ3v) is 7.19. The molecule has 7 heteroatoms. The molecule has 1 aromatic carbocycles. The molecule has 0 unspecified atom stereocenters. The Morgan fingerprint density at radius 1 is 1.31 bits per heavy atom. The van der Waals surface area contributed by atoms with Crippen molar-refractivity contribution in [2.45, 2.75) is 36.5 Å². The van der Waals surface area contributed by atoms with Crippen LogP contribution in [0.2, 0.25) is 0 Å². The topological polar surface area (TPSA) is 65.1 Å². The monoisotopic (exact) mass is 377 g/mol. The fraction of sp³-hybridized carbons (Fsp3) is 0.579. The first-order valence-electron chi connectivity index (χ1n) is 8.99. The average Bonchev–Trinajstić information content (AvgIpc) is 2.93. The molecule has 5 rings (SSSR count). The molecule has 6 nitrogen and oxygen atoms in total. The van der Waals surface area contributed by atoms with Crippen LogP contribution >= 0.6 is 0 Å². The van der Waals surface area contributed by atoms with Crippen molar-refractivity contribution in [1.29, 1.82) is 0 Å². The van der Waals surface area contributed by atoms with Gasteiger partial charge >= 0.3 is 0 Å². The minimum atomic E-state index is -3.59. The van der Waals surface area contributed by atoms with Crippen LogP contribution in [0.15, 0.2) is 24.3 Å². The summed E-state index contributed by atoms with van der Waals surface area (Å²) >= 11 is 0. The molecule has 0 N–H and O–H groups in total. The van der Waals surface area contributed by atoms with Gasteiger partial charge < -0.3 is 14.4 Å². The Bertz CT molecular complexity index is 911. The zero-order valence-electron chi connectivity index (χ0n) is 15.1. The number of benzene rings is 1. The minimum Gasteiger partial charge on any atom is -0.493 e. The summed E-state index contributed by atoms with van der Waals surface area (Å²) in [6, 6.07) is 4.48. The highest BCUT2D eigenvalue weighted by molar-refractivity contribution is 7.86. The number of methoxy groups -OCH3 is 1. The number of likely N-dealkylation sites (N-methyl/N-ethyl adjacent to an activating group) is 1. The number of hydrogen-bond donors (Lipinski definition) is 0. The van der Waals surface area contributed by atoms with Crippen LogP contribution in [0.3, 0.4) is 0 Å². The molecule has 1 fully saturated rings. The van der Waals surface area contributed by atoms with E-state index < -0.39 is 16.2 Å². The molecule has 26 heavy (non-hydrogen) atoms. The van der Waals surface area contributed by atoms with E-state index in [2.05, 4.69) is 24.1 Å². The van der Waals surface area contributed by atoms with Gasteiger partial charge in [0.1, 0.15) is 12.2 Å². The number of piperidine rings is 1. The Labute approximate surface area is 153 Å². The number of hydrogen-bond acceptors (Lipinski definition) is 6. The van der Waals surface area contributed by atoms with Gasteiger partial charge in [-0.1, -0.05) is 18.2 Å². The van der Waals surface area contributed by atoms with Gasteiger partial charge in [0.25, 0.3) is 10.1 Å². The second-order valence-corrected chi connectivity index (χ2v) is 9.49. The molecule has 0 aromatic heterocycles. The van der Waals surface area contributed by atoms with Gasteiger partial charge in [0.05, 0.1) is 13.4 Å². The quantitative estimate of drug-likeness (QED) is 0.587. The second-order valence-electron chi connectivity index (χ2n) is 7.89. The maximum absolute atomic E-state index is 11.8. The van der Waals surface area contributed by atoms with E-state index in [0.717, 1.165) is 31.4 Å². The summed E-state index contributed by atoms with van der Waals surface area (Å²) in [7, 11) is 0.223. The van der Waals surface area contributed by atoms with Gasteiger partial charge in [-0.15, -0.1) is 0 Å². The SMILES string of the molecule is COc1ccc2c3c1O[C@H]1[C@@H](OS(C)(=O)=O)C=C[C@H]4[C@H](C2)N(C)CC[C@@]341. The van der Waals surface area contributed by atoms with E-state index in [4.69, 9.17) is 13.7 Å². The molecule has 5 atom stereocenters. The second kappa shape index (κ2) is 5.24. The highest BCUT2D eigenvalue weighted by atomic mass is 32.2. The Morgan fingerprint density at radius 3 is 2.85 bits per heavy atom. The zero-order valence-corrected chi connectivity index (χ0v) is 16.0. The summed E-state index contributed by atoms with van der Waals surface area (Å²) in [6.07, 6.45) is 6.04. The summed E-state index contributed by atoms with van der Waals surface area (Å²) in [5.41, 5.74) is 2.24. The van der Waals surface area contributed by atoms with Crippen LogP contribution < -0.4 is 9.47 Å². The molecule has 2 bridgehead atoms. The largest absolute Gasteiger partial charge is 0.493 e. The summed E-state index contributed by atoms with van der Waals surface area (Å²) in [4.78, 5) is 2.42. The van der Waals surface area contributed by atoms with Gasteiger partial charge in [-0.25, -0.2) is 0 Å². The van der Waals surface area contributed by atoms with Crippen LogP contribution in [-0.4, -0.2) is 58.5 Å². The van der Waals surface area contributed by atoms with E-state index in [1.54, 1.807) is 7.11 Å². The van der Waals surface area contributed by atoms with Crippen molar-refractivity contribution in [2.24, 2.45) is 5.92 Å². The normalized spacial score (nSPS) is 37.2. The molecule has 1 spiro atoms. The van der Waals surface area contributed by atoms with Gasteiger partial charge in [-0.3, -0.25) is 4.18 Å². The van der Waals surface area contributed by atoms with Crippen molar-refractivity contribution < 1.29 is 22.1 Å². The molecular formula is C19H23NO5S. The van der Waals surface area contributed by atoms with E-state index in [1.807, 2.05) is 12.1 Å². The molecular weight excluding hydrogens is 354 g/mol. The van der Waals surface area contributed by atoms with Crippen molar-refractivity contribution in [3.63, 3.8) is 0 Å². The molecule has 2 heterocycles. The molecule has 2 aliphatic heterocycles. The Morgan fingerprint density at radius 2 is 2.12 bits per heavy atom. The fourth-order valence-electron chi connectivity index (χ4n) is 5.65. The van der Waals surface area contributed by atoms with E-state index in [-0.39, 0.29) is 17.4 Å². The van der Waals surface area contributed by atoms with Crippen LogP contribution in [-0.2, 0) is 26.1 Å². The third-order valence-electron chi connectivity index (χ3n) is 6.62. The lowest BCUT2D eigenvalue weighted by molar-refractivity contribution is -0.0365. The number of rotatable bonds is 3. The van der Waals surface area contributed by atoms with Gasteiger partial charge in [0.15, 0.2) is 11.5 Å². The molecule has 1 saturated heterocycles. The van der Waals surface area contributed by atoms with Gasteiger partial charge in [-0.05, 0) is 38.1 Å². The lowest BCUT2D eigenvalue weighted by Gasteiger charge is -2.56. The maximum atomic E-state index is 11.8. The average molecular weight is 377 g/mol. The van der Waals surface area contributed by atoms with E-state index >= 15 is 0 Å². The van der Waals surface area contributed by atoms with Crippen molar-refractivity contribution in [3.05, 3.63) is 35.4 Å². The Hall–Kier alpha value is -1.57. The van der Waals surface area contributed by atoms with Gasteiger partial charge in [0, 0.05) is 22.9 Å². The highest BCUT2D eigenvalue weighted by Crippen LogP contribution is 2.62. The molecule has 4 aliphatic rings. The lowest BCUT2D eigenvalue weighted by atomic mass is 9.53. The number of ether oxygens (including phenoxy) is 2. The summed E-state index contributed by atoms with van der Waals surface area (Å²) in [6.45, 7) is 0.955. The maximum Gasteiger partial charge on any atom is 0.265 e. The van der Waals surface area contributed by atoms with E-state index in [9.17, 15) is 8.42 Å². The predicted molar refractivity (Wildman–Crippen MR) is 96.2 cm³/mol. The van der Waals surface area contributed by atoms with Crippen LogP contribution in [0.25, 0.3) is 0 Å². The molecule has 1 aromatic rings. The van der Waals surface area contributed by atoms with Crippen molar-refractivity contribution in [1.82, 2.24) is 4.90 Å². The van der Waals surface area contributed by atoms with Crippen LogP contribution in [0.5, 0.6) is 11.5 Å². The summed E-state index contributed by atoms with van der Waals surface area (Å²) in [5.74, 6) is 1.77. The zero-order chi connectivity index (χ0) is 18.3. The van der Waals surface area contributed by atoms with Crippen LogP contribution in [0.1, 0.15) is 17.5 Å². The summed E-state index contributed by atoms with van der Waals surface area (Å²) < 4.78 is 41.0. The first kappa shape index (κ1) is 16.6. The van der Waals surface area contributed by atoms with Crippen molar-refractivity contribution in [3.8, 4) is 11.5 Å². The summed E-state index contributed by atoms with van der Waals surface area (Å²) in [5, 5.41) is 0. The Balaban J connectivity index is 1.73. The molecule has 2 aliphatic carbocycles.